The van der Waals surface area contributed by atoms with Crippen LogP contribution in [0.1, 0.15) is 49.7 Å². The van der Waals surface area contributed by atoms with Crippen LogP contribution in [0.25, 0.3) is 11.0 Å². The average molecular weight is 529 g/mol. The molecule has 2 aliphatic heterocycles. The zero-order valence-electron chi connectivity index (χ0n) is 21.6. The van der Waals surface area contributed by atoms with Gasteiger partial charge in [0, 0.05) is 36.5 Å². The van der Waals surface area contributed by atoms with Gasteiger partial charge in [-0.25, -0.2) is 14.6 Å². The standard InChI is InChI=1S/C29H32N6O2S/c1-2-18-38-29-32-26(34-15-8-3-9-16-34)22-19-31-35(27(22)33-29)17-14-30-28(36)25-20-10-4-6-12-23(20)37-24-13-7-5-11-21(24)25/h4-7,10-13,19,25H,2-3,8-9,14-18H2,1H3,(H,30,36). The van der Waals surface area contributed by atoms with Crippen molar-refractivity contribution in [2.75, 3.05) is 30.3 Å². The van der Waals surface area contributed by atoms with Crippen LogP contribution >= 0.6 is 11.8 Å². The highest BCUT2D eigenvalue weighted by molar-refractivity contribution is 7.99. The van der Waals surface area contributed by atoms with Crippen LogP contribution in [0.3, 0.4) is 0 Å². The van der Waals surface area contributed by atoms with Gasteiger partial charge in [0.15, 0.2) is 10.8 Å². The van der Waals surface area contributed by atoms with Gasteiger partial charge in [0.1, 0.15) is 17.3 Å². The van der Waals surface area contributed by atoms with E-state index in [-0.39, 0.29) is 5.91 Å². The van der Waals surface area contributed by atoms with Crippen LogP contribution in [-0.2, 0) is 11.3 Å². The highest BCUT2D eigenvalue weighted by atomic mass is 32.2. The summed E-state index contributed by atoms with van der Waals surface area (Å²) in [6.45, 7) is 5.16. The van der Waals surface area contributed by atoms with E-state index in [0.717, 1.165) is 69.9 Å². The Labute approximate surface area is 226 Å². The van der Waals surface area contributed by atoms with Crippen LogP contribution in [0.2, 0.25) is 0 Å². The van der Waals surface area contributed by atoms with Crippen molar-refractivity contribution in [3.8, 4) is 11.5 Å². The van der Waals surface area contributed by atoms with Gasteiger partial charge in [-0.15, -0.1) is 0 Å². The van der Waals surface area contributed by atoms with Gasteiger partial charge in [-0.1, -0.05) is 55.1 Å². The summed E-state index contributed by atoms with van der Waals surface area (Å²) in [5.41, 5.74) is 2.59. The summed E-state index contributed by atoms with van der Waals surface area (Å²) in [4.78, 5) is 25.7. The van der Waals surface area contributed by atoms with Crippen molar-refractivity contribution < 1.29 is 9.53 Å². The Morgan fingerprint density at radius 3 is 2.45 bits per heavy atom. The molecule has 8 nitrogen and oxygen atoms in total. The Kier molecular flexibility index (Phi) is 7.18. The SMILES string of the molecule is CCCSc1nc(N2CCCCC2)c2cnn(CCNC(=O)C3c4ccccc4Oc4ccccc43)c2n1. The molecular formula is C29H32N6O2S. The number of rotatable bonds is 8. The molecule has 4 heterocycles. The Bertz CT molecular complexity index is 1400. The molecule has 4 aromatic rings. The van der Waals surface area contributed by atoms with Crippen LogP contribution in [0.15, 0.2) is 59.9 Å². The molecule has 0 unspecified atom stereocenters. The Hall–Kier alpha value is -3.59. The number of para-hydroxylation sites is 2. The molecule has 0 spiro atoms. The first kappa shape index (κ1) is 24.7. The van der Waals surface area contributed by atoms with Crippen molar-refractivity contribution in [3.05, 3.63) is 65.9 Å². The number of ether oxygens (including phenoxy) is 1. The predicted octanol–water partition coefficient (Wildman–Crippen LogP) is 5.37. The lowest BCUT2D eigenvalue weighted by Crippen LogP contribution is -2.34. The van der Waals surface area contributed by atoms with E-state index in [9.17, 15) is 4.79 Å². The van der Waals surface area contributed by atoms with E-state index in [1.807, 2.05) is 59.4 Å². The molecule has 6 rings (SSSR count). The minimum Gasteiger partial charge on any atom is -0.457 e. The summed E-state index contributed by atoms with van der Waals surface area (Å²) in [6, 6.07) is 15.5. The van der Waals surface area contributed by atoms with Crippen LogP contribution in [0, 0.1) is 0 Å². The molecule has 9 heteroatoms. The summed E-state index contributed by atoms with van der Waals surface area (Å²) in [5, 5.41) is 9.58. The quantitative estimate of drug-likeness (QED) is 0.243. The number of hydrogen-bond donors (Lipinski definition) is 1. The summed E-state index contributed by atoms with van der Waals surface area (Å²) in [6.07, 6.45) is 6.57. The van der Waals surface area contributed by atoms with Crippen molar-refractivity contribution in [2.45, 2.75) is 50.2 Å². The molecule has 0 saturated carbocycles. The minimum atomic E-state index is -0.421. The van der Waals surface area contributed by atoms with Gasteiger partial charge in [-0.2, -0.15) is 5.10 Å². The van der Waals surface area contributed by atoms with Gasteiger partial charge >= 0.3 is 0 Å². The number of carbonyl (C=O) groups is 1. The molecule has 1 fully saturated rings. The number of nitrogens with zero attached hydrogens (tertiary/aromatic N) is 5. The minimum absolute atomic E-state index is 0.0486. The normalized spacial score (nSPS) is 15.1. The van der Waals surface area contributed by atoms with Crippen molar-refractivity contribution >= 4 is 34.5 Å². The molecule has 1 amide bonds. The maximum absolute atomic E-state index is 13.5. The summed E-state index contributed by atoms with van der Waals surface area (Å²) < 4.78 is 7.95. The van der Waals surface area contributed by atoms with E-state index in [1.54, 1.807) is 11.8 Å². The van der Waals surface area contributed by atoms with Gasteiger partial charge < -0.3 is 15.0 Å². The van der Waals surface area contributed by atoms with Gasteiger partial charge in [-0.3, -0.25) is 4.79 Å². The van der Waals surface area contributed by atoms with Crippen molar-refractivity contribution in [1.82, 2.24) is 25.1 Å². The van der Waals surface area contributed by atoms with Gasteiger partial charge in [-0.05, 0) is 37.8 Å². The number of fused-ring (bicyclic) bond motifs is 3. The number of nitrogens with one attached hydrogen (secondary N) is 1. The van der Waals surface area contributed by atoms with E-state index in [2.05, 4.69) is 22.2 Å². The molecule has 0 bridgehead atoms. The number of piperidine rings is 1. The number of anilines is 1. The molecule has 0 radical (unpaired) electrons. The lowest BCUT2D eigenvalue weighted by atomic mass is 9.87. The second kappa shape index (κ2) is 11.0. The van der Waals surface area contributed by atoms with E-state index >= 15 is 0 Å². The monoisotopic (exact) mass is 528 g/mol. The highest BCUT2D eigenvalue weighted by Gasteiger charge is 2.32. The lowest BCUT2D eigenvalue weighted by Gasteiger charge is -2.28. The zero-order chi connectivity index (χ0) is 25.9. The topological polar surface area (TPSA) is 85.2 Å². The van der Waals surface area contributed by atoms with Crippen LogP contribution in [-0.4, -0.2) is 51.0 Å². The Balaban J connectivity index is 1.22. The first-order chi connectivity index (χ1) is 18.7. The van der Waals surface area contributed by atoms with Gasteiger partial charge in [0.05, 0.1) is 24.0 Å². The number of benzene rings is 2. The molecule has 0 atom stereocenters. The van der Waals surface area contributed by atoms with Gasteiger partial charge in [0.2, 0.25) is 5.91 Å². The van der Waals surface area contributed by atoms with E-state index in [1.165, 1.54) is 19.3 Å². The van der Waals surface area contributed by atoms with Crippen LogP contribution < -0.4 is 15.0 Å². The molecule has 38 heavy (non-hydrogen) atoms. The van der Waals surface area contributed by atoms with E-state index < -0.39 is 5.92 Å². The maximum Gasteiger partial charge on any atom is 0.232 e. The van der Waals surface area contributed by atoms with Crippen LogP contribution in [0.5, 0.6) is 11.5 Å². The van der Waals surface area contributed by atoms with E-state index in [0.29, 0.717) is 13.1 Å². The van der Waals surface area contributed by atoms with Gasteiger partial charge in [0.25, 0.3) is 0 Å². The predicted molar refractivity (Wildman–Crippen MR) is 150 cm³/mol. The third-order valence-corrected chi connectivity index (χ3v) is 8.16. The number of aromatic nitrogens is 4. The smallest absolute Gasteiger partial charge is 0.232 e. The number of amides is 1. The summed E-state index contributed by atoms with van der Waals surface area (Å²) in [5.74, 6) is 2.94. The molecule has 0 aliphatic carbocycles. The number of hydrogen-bond acceptors (Lipinski definition) is 7. The second-order valence-corrected chi connectivity index (χ2v) is 10.8. The number of thioether (sulfide) groups is 1. The molecule has 2 aliphatic rings. The number of carbonyl (C=O) groups excluding carboxylic acids is 1. The molecule has 1 saturated heterocycles. The second-order valence-electron chi connectivity index (χ2n) is 9.73. The fourth-order valence-electron chi connectivity index (χ4n) is 5.27. The maximum atomic E-state index is 13.5. The van der Waals surface area contributed by atoms with E-state index in [4.69, 9.17) is 14.7 Å². The zero-order valence-corrected chi connectivity index (χ0v) is 22.4. The molecule has 2 aromatic heterocycles. The molecule has 2 aromatic carbocycles. The third kappa shape index (κ3) is 4.82. The average Bonchev–Trinajstić information content (AvgIpc) is 3.37. The lowest BCUT2D eigenvalue weighted by molar-refractivity contribution is -0.121. The largest absolute Gasteiger partial charge is 0.457 e. The van der Waals surface area contributed by atoms with Crippen molar-refractivity contribution in [2.24, 2.45) is 0 Å². The third-order valence-electron chi connectivity index (χ3n) is 7.11. The van der Waals surface area contributed by atoms with Crippen molar-refractivity contribution in [1.29, 1.82) is 0 Å². The molecular weight excluding hydrogens is 496 g/mol. The summed E-state index contributed by atoms with van der Waals surface area (Å²) >= 11 is 1.69. The molecule has 196 valence electrons. The fraction of sp³-hybridized carbons (Fsp3) is 0.379. The van der Waals surface area contributed by atoms with Crippen molar-refractivity contribution in [3.63, 3.8) is 0 Å². The summed E-state index contributed by atoms with van der Waals surface area (Å²) in [7, 11) is 0. The Morgan fingerprint density at radius 2 is 1.74 bits per heavy atom. The first-order valence-corrected chi connectivity index (χ1v) is 14.5. The highest BCUT2D eigenvalue weighted by Crippen LogP contribution is 2.43. The molecule has 1 N–H and O–H groups in total. The van der Waals surface area contributed by atoms with Crippen LogP contribution in [0.4, 0.5) is 5.82 Å². The first-order valence-electron chi connectivity index (χ1n) is 13.5. The Morgan fingerprint density at radius 1 is 1.03 bits per heavy atom. The fourth-order valence-corrected chi connectivity index (χ4v) is 5.96.